The van der Waals surface area contributed by atoms with E-state index in [0.29, 0.717) is 28.3 Å². The molecule has 2 rings (SSSR count). The van der Waals surface area contributed by atoms with Crippen LogP contribution >= 0.6 is 23.2 Å². The lowest BCUT2D eigenvalue weighted by molar-refractivity contribution is -0.142. The van der Waals surface area contributed by atoms with Crippen molar-refractivity contribution in [3.63, 3.8) is 0 Å². The SMILES string of the molecule is CCc1ccc(OCC(=O)N(Cc2ccc(Cl)c(Cl)c2)[C@@H](C)C(=O)NCC(C)C)cc1. The molecule has 0 spiro atoms. The molecule has 7 heteroatoms. The fourth-order valence-corrected chi connectivity index (χ4v) is 3.24. The van der Waals surface area contributed by atoms with Gasteiger partial charge in [0.1, 0.15) is 11.8 Å². The molecule has 0 aliphatic carbocycles. The van der Waals surface area contributed by atoms with Crippen LogP contribution in [-0.2, 0) is 22.6 Å². The van der Waals surface area contributed by atoms with Gasteiger partial charge < -0.3 is 15.0 Å². The van der Waals surface area contributed by atoms with Crippen LogP contribution in [-0.4, -0.2) is 35.9 Å². The number of rotatable bonds is 10. The Hall–Kier alpha value is -2.24. The van der Waals surface area contributed by atoms with Crippen LogP contribution in [0.4, 0.5) is 0 Å². The summed E-state index contributed by atoms with van der Waals surface area (Å²) in [6.45, 7) is 8.40. The average Bonchev–Trinajstić information content (AvgIpc) is 2.76. The molecule has 168 valence electrons. The molecule has 0 aromatic heterocycles. The predicted octanol–water partition coefficient (Wildman–Crippen LogP) is 5.12. The first-order valence-electron chi connectivity index (χ1n) is 10.4. The lowest BCUT2D eigenvalue weighted by Gasteiger charge is -2.29. The van der Waals surface area contributed by atoms with E-state index < -0.39 is 6.04 Å². The first-order chi connectivity index (χ1) is 14.7. The minimum Gasteiger partial charge on any atom is -0.484 e. The van der Waals surface area contributed by atoms with E-state index in [-0.39, 0.29) is 25.0 Å². The van der Waals surface area contributed by atoms with Crippen LogP contribution < -0.4 is 10.1 Å². The van der Waals surface area contributed by atoms with Gasteiger partial charge in [-0.2, -0.15) is 0 Å². The summed E-state index contributed by atoms with van der Waals surface area (Å²) in [6, 6.07) is 12.1. The Kier molecular flexibility index (Phi) is 9.66. The second-order valence-electron chi connectivity index (χ2n) is 7.87. The van der Waals surface area contributed by atoms with Crippen molar-refractivity contribution in [1.82, 2.24) is 10.2 Å². The molecule has 0 heterocycles. The van der Waals surface area contributed by atoms with Gasteiger partial charge in [-0.1, -0.05) is 62.2 Å². The summed E-state index contributed by atoms with van der Waals surface area (Å²) in [5.74, 6) is 0.411. The first-order valence-corrected chi connectivity index (χ1v) is 11.2. The van der Waals surface area contributed by atoms with Crippen molar-refractivity contribution in [3.8, 4) is 5.75 Å². The second-order valence-corrected chi connectivity index (χ2v) is 8.69. The molecule has 2 amide bonds. The zero-order valence-electron chi connectivity index (χ0n) is 18.5. The summed E-state index contributed by atoms with van der Waals surface area (Å²) in [5.41, 5.74) is 1.97. The summed E-state index contributed by atoms with van der Waals surface area (Å²) in [4.78, 5) is 27.2. The van der Waals surface area contributed by atoms with Gasteiger partial charge in [0.05, 0.1) is 10.0 Å². The van der Waals surface area contributed by atoms with E-state index in [4.69, 9.17) is 27.9 Å². The molecule has 0 radical (unpaired) electrons. The van der Waals surface area contributed by atoms with Gasteiger partial charge in [-0.25, -0.2) is 0 Å². The normalized spacial score (nSPS) is 11.8. The number of aryl methyl sites for hydroxylation is 1. The van der Waals surface area contributed by atoms with Crippen LogP contribution in [0.3, 0.4) is 0 Å². The summed E-state index contributed by atoms with van der Waals surface area (Å²) in [7, 11) is 0. The monoisotopic (exact) mass is 464 g/mol. The van der Waals surface area contributed by atoms with Gasteiger partial charge in [0.25, 0.3) is 5.91 Å². The number of hydrogen-bond donors (Lipinski definition) is 1. The highest BCUT2D eigenvalue weighted by Crippen LogP contribution is 2.24. The molecule has 2 aromatic carbocycles. The van der Waals surface area contributed by atoms with Gasteiger partial charge in [-0.05, 0) is 54.7 Å². The van der Waals surface area contributed by atoms with Gasteiger partial charge in [-0.15, -0.1) is 0 Å². The van der Waals surface area contributed by atoms with E-state index in [0.717, 1.165) is 12.0 Å². The Morgan fingerprint density at radius 1 is 1.00 bits per heavy atom. The van der Waals surface area contributed by atoms with Crippen LogP contribution in [0.2, 0.25) is 10.0 Å². The Labute approximate surface area is 194 Å². The topological polar surface area (TPSA) is 58.6 Å². The Morgan fingerprint density at radius 2 is 1.65 bits per heavy atom. The van der Waals surface area contributed by atoms with E-state index in [1.165, 1.54) is 10.5 Å². The third-order valence-electron chi connectivity index (χ3n) is 4.88. The Bertz CT molecular complexity index is 885. The predicted molar refractivity (Wildman–Crippen MR) is 126 cm³/mol. The number of nitrogens with zero attached hydrogens (tertiary/aromatic N) is 1. The maximum atomic E-state index is 13.0. The number of benzene rings is 2. The molecular weight excluding hydrogens is 435 g/mol. The van der Waals surface area contributed by atoms with Gasteiger partial charge in [0.2, 0.25) is 5.91 Å². The summed E-state index contributed by atoms with van der Waals surface area (Å²) < 4.78 is 5.69. The summed E-state index contributed by atoms with van der Waals surface area (Å²) in [5, 5.41) is 3.72. The van der Waals surface area contributed by atoms with Crippen molar-refractivity contribution in [1.29, 1.82) is 0 Å². The van der Waals surface area contributed by atoms with Gasteiger partial charge in [0.15, 0.2) is 6.61 Å². The zero-order chi connectivity index (χ0) is 23.0. The number of amides is 2. The maximum Gasteiger partial charge on any atom is 0.261 e. The van der Waals surface area contributed by atoms with Crippen molar-refractivity contribution in [2.75, 3.05) is 13.2 Å². The number of nitrogens with one attached hydrogen (secondary N) is 1. The van der Waals surface area contributed by atoms with Crippen LogP contribution in [0.1, 0.15) is 38.8 Å². The highest BCUT2D eigenvalue weighted by molar-refractivity contribution is 6.42. The minimum absolute atomic E-state index is 0.172. The molecule has 0 bridgehead atoms. The molecule has 2 aromatic rings. The van der Waals surface area contributed by atoms with E-state index in [1.54, 1.807) is 25.1 Å². The Balaban J connectivity index is 2.14. The number of hydrogen-bond acceptors (Lipinski definition) is 3. The molecule has 1 N–H and O–H groups in total. The standard InChI is InChI=1S/C24H30Cl2N2O3/c1-5-18-6-9-20(10-7-18)31-15-23(29)28(17(4)24(30)27-13-16(2)3)14-19-8-11-21(25)22(26)12-19/h6-12,16-17H,5,13-15H2,1-4H3,(H,27,30)/t17-/m0/s1. The van der Waals surface area contributed by atoms with Crippen LogP contribution in [0.5, 0.6) is 5.75 Å². The first kappa shape index (κ1) is 25.0. The maximum absolute atomic E-state index is 13.0. The van der Waals surface area contributed by atoms with Crippen molar-refractivity contribution in [3.05, 3.63) is 63.6 Å². The average molecular weight is 465 g/mol. The molecule has 31 heavy (non-hydrogen) atoms. The number of ether oxygens (including phenoxy) is 1. The number of carbonyl (C=O) groups is 2. The molecule has 0 saturated heterocycles. The van der Waals surface area contributed by atoms with Crippen molar-refractivity contribution < 1.29 is 14.3 Å². The molecule has 0 aliphatic rings. The quantitative estimate of drug-likeness (QED) is 0.530. The van der Waals surface area contributed by atoms with Gasteiger partial charge in [0, 0.05) is 13.1 Å². The lowest BCUT2D eigenvalue weighted by Crippen LogP contribution is -2.49. The minimum atomic E-state index is -0.674. The molecule has 0 unspecified atom stereocenters. The molecule has 0 saturated carbocycles. The third-order valence-corrected chi connectivity index (χ3v) is 5.62. The fourth-order valence-electron chi connectivity index (χ4n) is 2.92. The molecule has 0 aliphatic heterocycles. The highest BCUT2D eigenvalue weighted by Gasteiger charge is 2.26. The second kappa shape index (κ2) is 12.0. The largest absolute Gasteiger partial charge is 0.484 e. The molecular formula is C24H30Cl2N2O3. The molecule has 0 fully saturated rings. The van der Waals surface area contributed by atoms with E-state index >= 15 is 0 Å². The lowest BCUT2D eigenvalue weighted by atomic mass is 10.1. The number of halogens is 2. The van der Waals surface area contributed by atoms with Crippen molar-refractivity contribution in [2.45, 2.75) is 46.7 Å². The van der Waals surface area contributed by atoms with Crippen LogP contribution in [0, 0.1) is 5.92 Å². The van der Waals surface area contributed by atoms with Crippen molar-refractivity contribution >= 4 is 35.0 Å². The smallest absolute Gasteiger partial charge is 0.261 e. The molecule has 1 atom stereocenters. The van der Waals surface area contributed by atoms with Gasteiger partial charge >= 0.3 is 0 Å². The fraction of sp³-hybridized carbons (Fsp3) is 0.417. The van der Waals surface area contributed by atoms with E-state index in [9.17, 15) is 9.59 Å². The summed E-state index contributed by atoms with van der Waals surface area (Å²) in [6.07, 6.45) is 0.930. The highest BCUT2D eigenvalue weighted by atomic mass is 35.5. The van der Waals surface area contributed by atoms with E-state index in [1.807, 2.05) is 38.1 Å². The van der Waals surface area contributed by atoms with Crippen molar-refractivity contribution in [2.24, 2.45) is 5.92 Å². The third kappa shape index (κ3) is 7.75. The molecule has 5 nitrogen and oxygen atoms in total. The van der Waals surface area contributed by atoms with E-state index in [2.05, 4.69) is 12.2 Å². The van der Waals surface area contributed by atoms with Crippen LogP contribution in [0.25, 0.3) is 0 Å². The van der Waals surface area contributed by atoms with Gasteiger partial charge in [-0.3, -0.25) is 9.59 Å². The summed E-state index contributed by atoms with van der Waals surface area (Å²) >= 11 is 12.1. The number of carbonyl (C=O) groups excluding carboxylic acids is 2. The zero-order valence-corrected chi connectivity index (χ0v) is 20.0. The van der Waals surface area contributed by atoms with Crippen LogP contribution in [0.15, 0.2) is 42.5 Å². The Morgan fingerprint density at radius 3 is 2.23 bits per heavy atom.